The van der Waals surface area contributed by atoms with E-state index >= 15 is 0 Å². The normalized spacial score (nSPS) is 16.7. The molecule has 0 atom stereocenters. The fourth-order valence-corrected chi connectivity index (χ4v) is 1.12. The molecule has 1 aliphatic rings. The zero-order chi connectivity index (χ0) is 14.3. The first-order valence-electron chi connectivity index (χ1n) is 6.13. The maximum atomic E-state index is 11.4. The fourth-order valence-electron chi connectivity index (χ4n) is 1.12. The Morgan fingerprint density at radius 3 is 2.15 bits per heavy atom. The first-order chi connectivity index (χ1) is 9.89. The number of carbonyl (C=O) groups is 1. The smallest absolute Gasteiger partial charge is 0.159 e. The Labute approximate surface area is 118 Å². The number of allylic oxidation sites excluding steroid dienone is 12. The van der Waals surface area contributed by atoms with Crippen molar-refractivity contribution in [2.45, 2.75) is 6.42 Å². The van der Waals surface area contributed by atoms with Crippen LogP contribution in [0.3, 0.4) is 0 Å². The topological polar surface area (TPSA) is 51.0 Å². The summed E-state index contributed by atoms with van der Waals surface area (Å²) in [6, 6.07) is 0. The van der Waals surface area contributed by atoms with Crippen LogP contribution in [-0.2, 0) is 9.63 Å². The van der Waals surface area contributed by atoms with Crippen LogP contribution in [0, 0.1) is 0 Å². The minimum Gasteiger partial charge on any atom is -0.348 e. The molecule has 0 radical (unpaired) electrons. The summed E-state index contributed by atoms with van der Waals surface area (Å²) in [5.74, 6) is -0.0164. The summed E-state index contributed by atoms with van der Waals surface area (Å²) >= 11 is 0. The van der Waals surface area contributed by atoms with Crippen molar-refractivity contribution in [3.8, 4) is 0 Å². The van der Waals surface area contributed by atoms with Gasteiger partial charge in [-0.1, -0.05) is 54.7 Å². The van der Waals surface area contributed by atoms with Gasteiger partial charge in [-0.15, -0.1) is 5.11 Å². The van der Waals surface area contributed by atoms with Crippen LogP contribution in [0.2, 0.25) is 0 Å². The van der Waals surface area contributed by atoms with Gasteiger partial charge >= 0.3 is 0 Å². The highest BCUT2D eigenvalue weighted by Gasteiger charge is 1.90. The summed E-state index contributed by atoms with van der Waals surface area (Å²) in [7, 11) is 0. The fraction of sp³-hybridized carbons (Fsp3) is 0.0625. The van der Waals surface area contributed by atoms with Gasteiger partial charge in [0.05, 0.1) is 6.20 Å². The van der Waals surface area contributed by atoms with Crippen molar-refractivity contribution < 1.29 is 9.63 Å². The average Bonchev–Trinajstić information content (AvgIpc) is 2.45. The van der Waals surface area contributed by atoms with Crippen molar-refractivity contribution in [2.75, 3.05) is 0 Å². The summed E-state index contributed by atoms with van der Waals surface area (Å²) in [6.45, 7) is 0. The van der Waals surface area contributed by atoms with E-state index < -0.39 is 0 Å². The zero-order valence-corrected chi connectivity index (χ0v) is 11.0. The largest absolute Gasteiger partial charge is 0.348 e. The molecule has 0 N–H and O–H groups in total. The Balaban J connectivity index is 2.65. The highest BCUT2D eigenvalue weighted by atomic mass is 16.6. The minimum atomic E-state index is -0.0164. The summed E-state index contributed by atoms with van der Waals surface area (Å²) in [5.41, 5.74) is 0. The molecule has 4 nitrogen and oxygen atoms in total. The van der Waals surface area contributed by atoms with Crippen molar-refractivity contribution in [2.24, 2.45) is 10.4 Å². The predicted molar refractivity (Wildman–Crippen MR) is 79.5 cm³/mol. The Morgan fingerprint density at radius 1 is 0.850 bits per heavy atom. The Kier molecular flexibility index (Phi) is 8.68. The van der Waals surface area contributed by atoms with Crippen LogP contribution in [0.1, 0.15) is 6.42 Å². The summed E-state index contributed by atoms with van der Waals surface area (Å²) in [6.07, 6.45) is 24.5. The number of hydrogen-bond donors (Lipinski definition) is 0. The van der Waals surface area contributed by atoms with E-state index in [1.807, 2.05) is 42.5 Å². The van der Waals surface area contributed by atoms with Crippen molar-refractivity contribution >= 4 is 5.78 Å². The first-order valence-corrected chi connectivity index (χ1v) is 6.13. The third-order valence-corrected chi connectivity index (χ3v) is 2.01. The molecule has 0 aromatic rings. The maximum absolute atomic E-state index is 11.4. The van der Waals surface area contributed by atoms with Gasteiger partial charge in [-0.25, -0.2) is 0 Å². The van der Waals surface area contributed by atoms with Crippen molar-refractivity contribution in [1.82, 2.24) is 0 Å². The van der Waals surface area contributed by atoms with Crippen LogP contribution >= 0.6 is 0 Å². The molecule has 4 heteroatoms. The van der Waals surface area contributed by atoms with Crippen LogP contribution in [-0.4, -0.2) is 5.78 Å². The molecule has 0 bridgehead atoms. The number of hydrogen-bond acceptors (Lipinski definition) is 4. The van der Waals surface area contributed by atoms with Gasteiger partial charge in [0.25, 0.3) is 0 Å². The van der Waals surface area contributed by atoms with E-state index in [4.69, 9.17) is 4.84 Å². The van der Waals surface area contributed by atoms with Gasteiger partial charge in [-0.05, 0) is 18.2 Å². The van der Waals surface area contributed by atoms with E-state index in [-0.39, 0.29) is 12.2 Å². The number of carbonyl (C=O) groups excluding carboxylic acids is 1. The lowest BCUT2D eigenvalue weighted by atomic mass is 10.2. The summed E-state index contributed by atoms with van der Waals surface area (Å²) in [4.78, 5) is 16.1. The molecule has 0 spiro atoms. The molecule has 0 saturated carbocycles. The van der Waals surface area contributed by atoms with Gasteiger partial charge in [-0.3, -0.25) is 4.79 Å². The van der Waals surface area contributed by atoms with Crippen LogP contribution in [0.25, 0.3) is 0 Å². The molecule has 1 heterocycles. The molecule has 0 aromatic heterocycles. The van der Waals surface area contributed by atoms with Gasteiger partial charge in [0.15, 0.2) is 5.78 Å². The Hall–Kier alpha value is -2.75. The lowest BCUT2D eigenvalue weighted by molar-refractivity contribution is -0.113. The van der Waals surface area contributed by atoms with Crippen molar-refractivity contribution in [3.63, 3.8) is 0 Å². The quantitative estimate of drug-likeness (QED) is 0.662. The summed E-state index contributed by atoms with van der Waals surface area (Å²) < 4.78 is 0. The number of ketones is 1. The van der Waals surface area contributed by atoms with Crippen LogP contribution in [0.4, 0.5) is 0 Å². The molecule has 20 heavy (non-hydrogen) atoms. The van der Waals surface area contributed by atoms with Crippen molar-refractivity contribution in [1.29, 1.82) is 0 Å². The second kappa shape index (κ2) is 11.3. The zero-order valence-electron chi connectivity index (χ0n) is 11.0. The number of nitrogens with zero attached hydrogens (tertiary/aromatic N) is 2. The number of rotatable bonds is 0. The minimum absolute atomic E-state index is 0.0164. The molecule has 1 aliphatic heterocycles. The van der Waals surface area contributed by atoms with E-state index in [1.54, 1.807) is 24.3 Å². The standard InChI is InChI=1S/C16H16N2O2/c19-16-12-9-7-5-3-1-2-4-6-8-10-14-17-18-20-15-11-13-16/h1-12,14-15H,13H2. The van der Waals surface area contributed by atoms with Crippen LogP contribution in [0.15, 0.2) is 95.8 Å². The molecular weight excluding hydrogens is 252 g/mol. The van der Waals surface area contributed by atoms with Gasteiger partial charge in [0.1, 0.15) is 6.26 Å². The molecule has 102 valence electrons. The lowest BCUT2D eigenvalue weighted by Gasteiger charge is -1.86. The monoisotopic (exact) mass is 268 g/mol. The van der Waals surface area contributed by atoms with E-state index in [1.165, 1.54) is 18.5 Å². The highest BCUT2D eigenvalue weighted by molar-refractivity contribution is 5.90. The first kappa shape index (κ1) is 15.3. The maximum Gasteiger partial charge on any atom is 0.159 e. The predicted octanol–water partition coefficient (Wildman–Crippen LogP) is 4.15. The van der Waals surface area contributed by atoms with Gasteiger partial charge in [-0.2, -0.15) is 0 Å². The molecule has 0 aromatic carbocycles. The molecule has 0 fully saturated rings. The third kappa shape index (κ3) is 9.30. The second-order valence-electron chi connectivity index (χ2n) is 3.58. The molecule has 0 aliphatic carbocycles. The summed E-state index contributed by atoms with van der Waals surface area (Å²) in [5, 5.41) is 7.06. The molecule has 0 unspecified atom stereocenters. The van der Waals surface area contributed by atoms with Gasteiger partial charge in [0.2, 0.25) is 0 Å². The SMILES string of the molecule is O=C1C=CC=CC=CC=CC=CC=CN=NOC=CC1. The van der Waals surface area contributed by atoms with Gasteiger partial charge < -0.3 is 4.84 Å². The van der Waals surface area contributed by atoms with E-state index in [0.717, 1.165) is 0 Å². The Morgan fingerprint density at radius 2 is 1.45 bits per heavy atom. The van der Waals surface area contributed by atoms with Crippen molar-refractivity contribution in [3.05, 3.63) is 85.4 Å². The average molecular weight is 268 g/mol. The van der Waals surface area contributed by atoms with E-state index in [9.17, 15) is 4.79 Å². The van der Waals surface area contributed by atoms with Crippen LogP contribution in [0.5, 0.6) is 0 Å². The molecule has 1 rings (SSSR count). The van der Waals surface area contributed by atoms with E-state index in [2.05, 4.69) is 10.4 Å². The molecular formula is C16H16N2O2. The second-order valence-corrected chi connectivity index (χ2v) is 3.58. The van der Waals surface area contributed by atoms with Crippen LogP contribution < -0.4 is 0 Å². The Bertz CT molecular complexity index is 519. The van der Waals surface area contributed by atoms with Gasteiger partial charge in [0, 0.05) is 11.7 Å². The third-order valence-electron chi connectivity index (χ3n) is 2.01. The molecule has 0 amide bonds. The van der Waals surface area contributed by atoms with E-state index in [0.29, 0.717) is 0 Å². The highest BCUT2D eigenvalue weighted by Crippen LogP contribution is 1.92. The molecule has 0 saturated heterocycles. The lowest BCUT2D eigenvalue weighted by Crippen LogP contribution is -1.87.